The highest BCUT2D eigenvalue weighted by atomic mass is 19.1. The molecule has 1 saturated heterocycles. The number of carbonyl (C=O) groups excluding carboxylic acids is 4. The van der Waals surface area contributed by atoms with E-state index in [0.717, 1.165) is 4.90 Å². The van der Waals surface area contributed by atoms with Crippen LogP contribution in [-0.2, 0) is 20.9 Å². The van der Waals surface area contributed by atoms with Crippen molar-refractivity contribution in [1.29, 1.82) is 0 Å². The maximum Gasteiger partial charge on any atom is 0.338 e. The second-order valence-corrected chi connectivity index (χ2v) is 8.47. The molecule has 1 N–H and O–H groups in total. The molecule has 1 heterocycles. The van der Waals surface area contributed by atoms with E-state index in [1.165, 1.54) is 48.4 Å². The van der Waals surface area contributed by atoms with Crippen molar-refractivity contribution in [3.8, 4) is 5.75 Å². The summed E-state index contributed by atoms with van der Waals surface area (Å²) in [7, 11) is 1.50. The van der Waals surface area contributed by atoms with Crippen LogP contribution >= 0.6 is 0 Å². The van der Waals surface area contributed by atoms with Gasteiger partial charge in [-0.2, -0.15) is 0 Å². The molecule has 1 unspecified atom stereocenters. The zero-order valence-electron chi connectivity index (χ0n) is 20.8. The summed E-state index contributed by atoms with van der Waals surface area (Å²) in [6, 6.07) is 16.4. The minimum absolute atomic E-state index is 0.00366. The van der Waals surface area contributed by atoms with E-state index in [1.807, 2.05) is 0 Å². The van der Waals surface area contributed by atoms with Gasteiger partial charge in [0.15, 0.2) is 0 Å². The number of urea groups is 1. The zero-order valence-corrected chi connectivity index (χ0v) is 20.8. The second-order valence-electron chi connectivity index (χ2n) is 8.47. The molecule has 38 heavy (non-hydrogen) atoms. The number of methoxy groups -OCH3 is 1. The molecule has 1 aliphatic rings. The highest BCUT2D eigenvalue weighted by Gasteiger charge is 2.46. The number of nitrogens with one attached hydrogen (secondary N) is 1. The summed E-state index contributed by atoms with van der Waals surface area (Å²) >= 11 is 0. The van der Waals surface area contributed by atoms with Gasteiger partial charge in [-0.3, -0.25) is 9.59 Å². The lowest BCUT2D eigenvalue weighted by Crippen LogP contribution is -2.37. The molecule has 0 bridgehead atoms. The van der Waals surface area contributed by atoms with Gasteiger partial charge in [-0.05, 0) is 73.2 Å². The van der Waals surface area contributed by atoms with Crippen molar-refractivity contribution in [2.75, 3.05) is 23.9 Å². The first-order valence-corrected chi connectivity index (χ1v) is 11.9. The largest absolute Gasteiger partial charge is 0.497 e. The van der Waals surface area contributed by atoms with Crippen LogP contribution in [-0.4, -0.2) is 48.5 Å². The average molecular weight is 520 g/mol. The normalized spacial score (nSPS) is 15.0. The second kappa shape index (κ2) is 11.5. The molecule has 3 aromatic carbocycles. The van der Waals surface area contributed by atoms with Gasteiger partial charge in [-0.15, -0.1) is 0 Å². The van der Waals surface area contributed by atoms with Crippen molar-refractivity contribution in [2.45, 2.75) is 25.9 Å². The third kappa shape index (κ3) is 5.80. The number of benzene rings is 3. The average Bonchev–Trinajstić information content (AvgIpc) is 3.14. The summed E-state index contributed by atoms with van der Waals surface area (Å²) in [6.07, 6.45) is -0.307. The number of rotatable bonds is 9. The van der Waals surface area contributed by atoms with Gasteiger partial charge in [0.2, 0.25) is 5.91 Å². The molecule has 1 fully saturated rings. The number of imide groups is 1. The maximum atomic E-state index is 13.4. The molecule has 1 atom stereocenters. The molecular formula is C28H26FN3O6. The Balaban J connectivity index is 1.54. The quantitative estimate of drug-likeness (QED) is 0.332. The fourth-order valence-corrected chi connectivity index (χ4v) is 4.06. The first kappa shape index (κ1) is 26.3. The highest BCUT2D eigenvalue weighted by molar-refractivity contribution is 6.22. The first-order chi connectivity index (χ1) is 18.3. The van der Waals surface area contributed by atoms with Gasteiger partial charge in [0, 0.05) is 12.2 Å². The Bertz CT molecular complexity index is 1330. The number of hydrogen-bond acceptors (Lipinski definition) is 6. The molecule has 0 radical (unpaired) electrons. The summed E-state index contributed by atoms with van der Waals surface area (Å²) in [5, 5.41) is 2.70. The lowest BCUT2D eigenvalue weighted by atomic mass is 10.1. The van der Waals surface area contributed by atoms with Crippen LogP contribution in [0.2, 0.25) is 0 Å². The van der Waals surface area contributed by atoms with E-state index in [9.17, 15) is 23.6 Å². The lowest BCUT2D eigenvalue weighted by molar-refractivity contribution is -0.124. The van der Waals surface area contributed by atoms with Gasteiger partial charge in [0.1, 0.15) is 17.6 Å². The van der Waals surface area contributed by atoms with Crippen molar-refractivity contribution in [3.63, 3.8) is 0 Å². The Hall–Kier alpha value is -4.73. The summed E-state index contributed by atoms with van der Waals surface area (Å²) in [4.78, 5) is 53.9. The van der Waals surface area contributed by atoms with Crippen molar-refractivity contribution in [2.24, 2.45) is 0 Å². The first-order valence-electron chi connectivity index (χ1n) is 11.9. The molecule has 3 aromatic rings. The Kier molecular flexibility index (Phi) is 8.00. The maximum absolute atomic E-state index is 13.4. The molecule has 9 nitrogen and oxygen atoms in total. The van der Waals surface area contributed by atoms with Crippen molar-refractivity contribution >= 4 is 35.2 Å². The van der Waals surface area contributed by atoms with Gasteiger partial charge in [-0.25, -0.2) is 18.9 Å². The summed E-state index contributed by atoms with van der Waals surface area (Å²) in [5.74, 6) is -1.41. The number of esters is 1. The van der Waals surface area contributed by atoms with E-state index >= 15 is 0 Å². The fourth-order valence-electron chi connectivity index (χ4n) is 4.06. The zero-order chi connectivity index (χ0) is 27.2. The number of halogens is 1. The fraction of sp³-hybridized carbons (Fsp3) is 0.214. The van der Waals surface area contributed by atoms with Crippen LogP contribution in [0.1, 0.15) is 29.3 Å². The molecule has 0 spiro atoms. The topological polar surface area (TPSA) is 105 Å². The Morgan fingerprint density at radius 2 is 1.61 bits per heavy atom. The number of carbonyl (C=O) groups is 4. The number of anilines is 2. The van der Waals surface area contributed by atoms with Crippen LogP contribution in [0.25, 0.3) is 0 Å². The van der Waals surface area contributed by atoms with E-state index in [0.29, 0.717) is 28.3 Å². The van der Waals surface area contributed by atoms with Gasteiger partial charge in [0.25, 0.3) is 5.91 Å². The molecule has 4 rings (SSSR count). The Morgan fingerprint density at radius 1 is 0.947 bits per heavy atom. The molecule has 4 amide bonds. The molecule has 196 valence electrons. The smallest absolute Gasteiger partial charge is 0.338 e. The lowest BCUT2D eigenvalue weighted by Gasteiger charge is -2.21. The van der Waals surface area contributed by atoms with E-state index in [4.69, 9.17) is 9.47 Å². The van der Waals surface area contributed by atoms with Crippen LogP contribution < -0.4 is 15.0 Å². The third-order valence-corrected chi connectivity index (χ3v) is 5.97. The number of ether oxygens (including phenoxy) is 2. The summed E-state index contributed by atoms with van der Waals surface area (Å²) < 4.78 is 23.5. The van der Waals surface area contributed by atoms with E-state index in [1.54, 1.807) is 43.3 Å². The van der Waals surface area contributed by atoms with Gasteiger partial charge in [-0.1, -0.05) is 12.1 Å². The summed E-state index contributed by atoms with van der Waals surface area (Å²) in [6.45, 7) is 1.95. The van der Waals surface area contributed by atoms with Gasteiger partial charge in [0.05, 0.1) is 31.4 Å². The molecule has 1 aliphatic heterocycles. The minimum Gasteiger partial charge on any atom is -0.497 e. The molecule has 0 saturated carbocycles. The van der Waals surface area contributed by atoms with Crippen LogP contribution in [0, 0.1) is 5.82 Å². The number of amides is 4. The van der Waals surface area contributed by atoms with E-state index in [2.05, 4.69) is 5.32 Å². The van der Waals surface area contributed by atoms with Crippen molar-refractivity contribution < 1.29 is 33.0 Å². The van der Waals surface area contributed by atoms with E-state index in [-0.39, 0.29) is 19.6 Å². The highest BCUT2D eigenvalue weighted by Crippen LogP contribution is 2.30. The number of nitrogens with zero attached hydrogens (tertiary/aromatic N) is 2. The standard InChI is InChI=1S/C28H26FN3O6/c1-3-38-27(35)19-6-10-21(11-7-19)30-25(33)16-24-26(34)32(22-12-14-23(37-2)15-13-22)28(36)31(24)17-18-4-8-20(29)9-5-18/h4-15,24H,3,16-17H2,1-2H3,(H,30,33). The molecule has 0 aromatic heterocycles. The Morgan fingerprint density at radius 3 is 2.21 bits per heavy atom. The van der Waals surface area contributed by atoms with Gasteiger partial charge >= 0.3 is 12.0 Å². The van der Waals surface area contributed by atoms with Crippen LogP contribution in [0.4, 0.5) is 20.6 Å². The molecule has 0 aliphatic carbocycles. The van der Waals surface area contributed by atoms with E-state index < -0.39 is 35.7 Å². The molecular weight excluding hydrogens is 493 g/mol. The third-order valence-electron chi connectivity index (χ3n) is 5.97. The molecule has 10 heteroatoms. The van der Waals surface area contributed by atoms with Crippen LogP contribution in [0.3, 0.4) is 0 Å². The van der Waals surface area contributed by atoms with Gasteiger partial charge < -0.3 is 19.7 Å². The number of hydrogen-bond donors (Lipinski definition) is 1. The SMILES string of the molecule is CCOC(=O)c1ccc(NC(=O)CC2C(=O)N(c3ccc(OC)cc3)C(=O)N2Cc2ccc(F)cc2)cc1. The van der Waals surface area contributed by atoms with Crippen LogP contribution in [0.15, 0.2) is 72.8 Å². The Labute approximate surface area is 218 Å². The van der Waals surface area contributed by atoms with Crippen molar-refractivity contribution in [3.05, 3.63) is 89.7 Å². The summed E-state index contributed by atoms with van der Waals surface area (Å²) in [5.41, 5.74) is 1.69. The minimum atomic E-state index is -1.09. The van der Waals surface area contributed by atoms with Crippen LogP contribution in [0.5, 0.6) is 5.75 Å². The predicted molar refractivity (Wildman–Crippen MR) is 137 cm³/mol. The van der Waals surface area contributed by atoms with Crippen molar-refractivity contribution in [1.82, 2.24) is 4.90 Å². The predicted octanol–water partition coefficient (Wildman–Crippen LogP) is 4.38. The monoisotopic (exact) mass is 519 g/mol.